The molecule has 0 aromatic carbocycles. The molecule has 0 radical (unpaired) electrons. The highest BCUT2D eigenvalue weighted by Gasteiger charge is 2.04. The van der Waals surface area contributed by atoms with Crippen molar-refractivity contribution < 1.29 is 8.76 Å². The molecule has 3 heteroatoms. The molecule has 0 fully saturated rings. The third kappa shape index (κ3) is 5.70. The van der Waals surface area contributed by atoms with Crippen molar-refractivity contribution in [3.8, 4) is 0 Å². The van der Waals surface area contributed by atoms with Gasteiger partial charge in [-0.15, -0.1) is 0 Å². The predicted molar refractivity (Wildman–Crippen MR) is 66.9 cm³/mol. The SMILES string of the molecule is C=C/C(=C\C(=C/C)S(=O)O)CC(C)CC. The van der Waals surface area contributed by atoms with E-state index >= 15 is 0 Å². The second-order valence-corrected chi connectivity index (χ2v) is 4.55. The van der Waals surface area contributed by atoms with Crippen LogP contribution in [0.2, 0.25) is 0 Å². The van der Waals surface area contributed by atoms with Gasteiger partial charge >= 0.3 is 0 Å². The molecule has 86 valence electrons. The van der Waals surface area contributed by atoms with Crippen LogP contribution in [0.5, 0.6) is 0 Å². The lowest BCUT2D eigenvalue weighted by molar-refractivity contribution is 0.561. The summed E-state index contributed by atoms with van der Waals surface area (Å²) in [5.74, 6) is 0.569. The van der Waals surface area contributed by atoms with Crippen molar-refractivity contribution in [1.29, 1.82) is 0 Å². The minimum absolute atomic E-state index is 0.438. The van der Waals surface area contributed by atoms with Crippen LogP contribution in [0.15, 0.2) is 35.3 Å². The van der Waals surface area contributed by atoms with E-state index in [0.717, 1.165) is 18.4 Å². The number of allylic oxidation sites excluding steroid dienone is 4. The Kier molecular flexibility index (Phi) is 7.26. The highest BCUT2D eigenvalue weighted by molar-refractivity contribution is 7.83. The van der Waals surface area contributed by atoms with E-state index in [-0.39, 0.29) is 0 Å². The maximum absolute atomic E-state index is 10.9. The molecular formula is C12H20O2S. The van der Waals surface area contributed by atoms with E-state index in [1.165, 1.54) is 0 Å². The van der Waals surface area contributed by atoms with Crippen molar-refractivity contribution >= 4 is 11.1 Å². The molecule has 0 rings (SSSR count). The number of hydrogen-bond acceptors (Lipinski definition) is 1. The van der Waals surface area contributed by atoms with Crippen molar-refractivity contribution in [3.05, 3.63) is 35.3 Å². The molecule has 1 N–H and O–H groups in total. The van der Waals surface area contributed by atoms with Crippen molar-refractivity contribution in [2.45, 2.75) is 33.6 Å². The number of hydrogen-bond donors (Lipinski definition) is 1. The van der Waals surface area contributed by atoms with Crippen molar-refractivity contribution in [2.75, 3.05) is 0 Å². The summed E-state index contributed by atoms with van der Waals surface area (Å²) in [6, 6.07) is 0. The lowest BCUT2D eigenvalue weighted by Crippen LogP contribution is -1.96. The van der Waals surface area contributed by atoms with E-state index in [9.17, 15) is 4.21 Å². The van der Waals surface area contributed by atoms with E-state index < -0.39 is 11.1 Å². The highest BCUT2D eigenvalue weighted by Crippen LogP contribution is 2.17. The second kappa shape index (κ2) is 7.60. The quantitative estimate of drug-likeness (QED) is 0.556. The van der Waals surface area contributed by atoms with Crippen LogP contribution < -0.4 is 0 Å². The highest BCUT2D eigenvalue weighted by atomic mass is 32.2. The average Bonchev–Trinajstić information content (AvgIpc) is 2.22. The fraction of sp³-hybridized carbons (Fsp3) is 0.500. The minimum Gasteiger partial charge on any atom is -0.302 e. The van der Waals surface area contributed by atoms with E-state index in [1.807, 2.05) is 0 Å². The zero-order chi connectivity index (χ0) is 11.8. The molecule has 2 nitrogen and oxygen atoms in total. The van der Waals surface area contributed by atoms with Gasteiger partial charge < -0.3 is 4.55 Å². The van der Waals surface area contributed by atoms with E-state index in [0.29, 0.717) is 10.8 Å². The zero-order valence-corrected chi connectivity index (χ0v) is 10.5. The Morgan fingerprint density at radius 1 is 1.60 bits per heavy atom. The van der Waals surface area contributed by atoms with Gasteiger partial charge in [0, 0.05) is 0 Å². The Morgan fingerprint density at radius 2 is 2.20 bits per heavy atom. The fourth-order valence-electron chi connectivity index (χ4n) is 1.17. The Balaban J connectivity index is 4.72. The van der Waals surface area contributed by atoms with Crippen LogP contribution >= 0.6 is 0 Å². The Hall–Kier alpha value is -0.670. The Bertz CT molecular complexity index is 290. The molecule has 2 unspecified atom stereocenters. The Labute approximate surface area is 95.1 Å². The topological polar surface area (TPSA) is 37.3 Å². The van der Waals surface area contributed by atoms with Crippen LogP contribution in [0, 0.1) is 5.92 Å². The van der Waals surface area contributed by atoms with E-state index in [2.05, 4.69) is 20.4 Å². The first-order valence-electron chi connectivity index (χ1n) is 5.15. The summed E-state index contributed by atoms with van der Waals surface area (Å²) in [4.78, 5) is 0.438. The standard InChI is InChI=1S/C12H20O2S/c1-5-10(4)8-11(6-2)9-12(7-3)15(13)14/h6-7,9-10H,2,5,8H2,1,3-4H3,(H,13,14)/b11-9+,12-7+. The van der Waals surface area contributed by atoms with E-state index in [4.69, 9.17) is 4.55 Å². The molecule has 0 saturated carbocycles. The lowest BCUT2D eigenvalue weighted by atomic mass is 9.98. The van der Waals surface area contributed by atoms with Crippen LogP contribution in [-0.4, -0.2) is 8.76 Å². The van der Waals surface area contributed by atoms with Crippen LogP contribution in [0.25, 0.3) is 0 Å². The zero-order valence-electron chi connectivity index (χ0n) is 9.69. The van der Waals surface area contributed by atoms with Gasteiger partial charge in [0.2, 0.25) is 0 Å². The predicted octanol–water partition coefficient (Wildman–Crippen LogP) is 3.66. The molecule has 0 aliphatic carbocycles. The third-order valence-corrected chi connectivity index (χ3v) is 3.11. The molecule has 0 spiro atoms. The fourth-order valence-corrected chi connectivity index (χ4v) is 1.62. The first-order valence-corrected chi connectivity index (χ1v) is 6.25. The largest absolute Gasteiger partial charge is 0.302 e. The molecule has 0 aromatic heterocycles. The van der Waals surface area contributed by atoms with Crippen molar-refractivity contribution in [3.63, 3.8) is 0 Å². The first-order chi connectivity index (χ1) is 7.04. The molecule has 0 aliphatic rings. The first kappa shape index (κ1) is 14.3. The molecule has 0 heterocycles. The second-order valence-electron chi connectivity index (χ2n) is 3.58. The Morgan fingerprint density at radius 3 is 2.53 bits per heavy atom. The molecule has 0 amide bonds. The molecule has 0 saturated heterocycles. The van der Waals surface area contributed by atoms with Crippen LogP contribution in [-0.2, 0) is 11.1 Å². The van der Waals surface area contributed by atoms with Crippen LogP contribution in [0.4, 0.5) is 0 Å². The summed E-state index contributed by atoms with van der Waals surface area (Å²) in [7, 11) is 0. The van der Waals surface area contributed by atoms with Crippen LogP contribution in [0.1, 0.15) is 33.6 Å². The molecule has 0 aromatic rings. The maximum atomic E-state index is 10.9. The molecular weight excluding hydrogens is 208 g/mol. The molecule has 0 bridgehead atoms. The number of rotatable bonds is 6. The maximum Gasteiger partial charge on any atom is 0.186 e. The summed E-state index contributed by atoms with van der Waals surface area (Å²) in [6.07, 6.45) is 7.14. The van der Waals surface area contributed by atoms with Crippen molar-refractivity contribution in [1.82, 2.24) is 0 Å². The summed E-state index contributed by atoms with van der Waals surface area (Å²) in [5.41, 5.74) is 1.01. The van der Waals surface area contributed by atoms with Gasteiger partial charge in [-0.05, 0) is 30.9 Å². The summed E-state index contributed by atoms with van der Waals surface area (Å²) < 4.78 is 19.9. The van der Waals surface area contributed by atoms with Gasteiger partial charge in [0.25, 0.3) is 0 Å². The monoisotopic (exact) mass is 228 g/mol. The smallest absolute Gasteiger partial charge is 0.186 e. The van der Waals surface area contributed by atoms with Gasteiger partial charge in [0.1, 0.15) is 0 Å². The van der Waals surface area contributed by atoms with Gasteiger partial charge in [0.15, 0.2) is 11.1 Å². The molecule has 2 atom stereocenters. The van der Waals surface area contributed by atoms with E-state index in [1.54, 1.807) is 25.2 Å². The van der Waals surface area contributed by atoms with Gasteiger partial charge in [-0.2, -0.15) is 0 Å². The lowest BCUT2D eigenvalue weighted by Gasteiger charge is -2.09. The van der Waals surface area contributed by atoms with Gasteiger partial charge in [-0.1, -0.05) is 39.0 Å². The average molecular weight is 228 g/mol. The van der Waals surface area contributed by atoms with Crippen LogP contribution in [0.3, 0.4) is 0 Å². The minimum atomic E-state index is -1.91. The third-order valence-electron chi connectivity index (χ3n) is 2.36. The van der Waals surface area contributed by atoms with Gasteiger partial charge in [-0.3, -0.25) is 0 Å². The summed E-state index contributed by atoms with van der Waals surface area (Å²) >= 11 is -1.91. The molecule has 15 heavy (non-hydrogen) atoms. The van der Waals surface area contributed by atoms with Gasteiger partial charge in [0.05, 0.1) is 4.91 Å². The van der Waals surface area contributed by atoms with Gasteiger partial charge in [-0.25, -0.2) is 4.21 Å². The summed E-state index contributed by atoms with van der Waals surface area (Å²) in [6.45, 7) is 9.76. The van der Waals surface area contributed by atoms with Crippen molar-refractivity contribution in [2.24, 2.45) is 5.92 Å². The molecule has 0 aliphatic heterocycles. The summed E-state index contributed by atoms with van der Waals surface area (Å²) in [5, 5.41) is 0. The normalized spacial score (nSPS) is 17.3.